The van der Waals surface area contributed by atoms with Crippen molar-refractivity contribution in [3.63, 3.8) is 0 Å². The molecule has 0 unspecified atom stereocenters. The molecule has 0 saturated carbocycles. The van der Waals surface area contributed by atoms with Crippen LogP contribution in [0.2, 0.25) is 0 Å². The number of carbonyl (C=O) groups is 1. The summed E-state index contributed by atoms with van der Waals surface area (Å²) < 4.78 is 38.5. The lowest BCUT2D eigenvalue weighted by Crippen LogP contribution is -2.27. The van der Waals surface area contributed by atoms with Gasteiger partial charge in [0.15, 0.2) is 17.3 Å². The molecule has 9 nitrogen and oxygen atoms in total. The van der Waals surface area contributed by atoms with Crippen molar-refractivity contribution in [1.82, 2.24) is 10.5 Å². The average molecular weight is 429 g/mol. The SMILES string of the molecule is NS(=O)(=O)c1ccc(CCNC(=O)Cc2cc(-c3ccc4c(c3)OCO4)on2)cc1. The van der Waals surface area contributed by atoms with Gasteiger partial charge in [0.1, 0.15) is 0 Å². The van der Waals surface area contributed by atoms with Gasteiger partial charge in [-0.3, -0.25) is 4.79 Å². The largest absolute Gasteiger partial charge is 0.454 e. The maximum absolute atomic E-state index is 12.2. The third-order valence-corrected chi connectivity index (χ3v) is 5.47. The Morgan fingerprint density at radius 3 is 2.60 bits per heavy atom. The molecule has 0 radical (unpaired) electrons. The van der Waals surface area contributed by atoms with Crippen LogP contribution in [-0.4, -0.2) is 32.8 Å². The van der Waals surface area contributed by atoms with Crippen molar-refractivity contribution in [3.8, 4) is 22.8 Å². The Labute approximate surface area is 172 Å². The number of nitrogens with one attached hydrogen (secondary N) is 1. The van der Waals surface area contributed by atoms with E-state index in [0.29, 0.717) is 35.9 Å². The van der Waals surface area contributed by atoms with Gasteiger partial charge in [0.25, 0.3) is 0 Å². The molecule has 3 aromatic rings. The van der Waals surface area contributed by atoms with Crippen molar-refractivity contribution in [2.24, 2.45) is 5.14 Å². The van der Waals surface area contributed by atoms with Gasteiger partial charge in [-0.25, -0.2) is 13.6 Å². The number of sulfonamides is 1. The lowest BCUT2D eigenvalue weighted by molar-refractivity contribution is -0.120. The third-order valence-electron chi connectivity index (χ3n) is 4.55. The van der Waals surface area contributed by atoms with E-state index in [4.69, 9.17) is 19.1 Å². The zero-order valence-corrected chi connectivity index (χ0v) is 16.6. The van der Waals surface area contributed by atoms with E-state index >= 15 is 0 Å². The number of primary sulfonamides is 1. The highest BCUT2D eigenvalue weighted by Gasteiger charge is 2.16. The summed E-state index contributed by atoms with van der Waals surface area (Å²) in [5, 5.41) is 11.8. The Kier molecular flexibility index (Phi) is 5.42. The zero-order chi connectivity index (χ0) is 21.1. The highest BCUT2D eigenvalue weighted by Crippen LogP contribution is 2.36. The lowest BCUT2D eigenvalue weighted by atomic mass is 10.1. The van der Waals surface area contributed by atoms with E-state index in [1.54, 1.807) is 30.3 Å². The van der Waals surface area contributed by atoms with E-state index in [1.165, 1.54) is 12.1 Å². The summed E-state index contributed by atoms with van der Waals surface area (Å²) in [6, 6.07) is 13.4. The summed E-state index contributed by atoms with van der Waals surface area (Å²) in [4.78, 5) is 12.2. The molecule has 4 rings (SSSR count). The number of rotatable bonds is 7. The molecule has 0 saturated heterocycles. The van der Waals surface area contributed by atoms with Gasteiger partial charge in [0.2, 0.25) is 22.7 Å². The molecular formula is C20H19N3O6S. The highest BCUT2D eigenvalue weighted by atomic mass is 32.2. The van der Waals surface area contributed by atoms with Crippen LogP contribution in [0.25, 0.3) is 11.3 Å². The number of hydrogen-bond acceptors (Lipinski definition) is 7. The third kappa shape index (κ3) is 4.61. The smallest absolute Gasteiger partial charge is 0.238 e. The van der Waals surface area contributed by atoms with Crippen LogP contribution in [0.3, 0.4) is 0 Å². The lowest BCUT2D eigenvalue weighted by Gasteiger charge is -2.05. The summed E-state index contributed by atoms with van der Waals surface area (Å²) in [5.41, 5.74) is 2.17. The fraction of sp³-hybridized carbons (Fsp3) is 0.200. The van der Waals surface area contributed by atoms with Crippen molar-refractivity contribution in [3.05, 3.63) is 59.8 Å². The van der Waals surface area contributed by atoms with E-state index in [-0.39, 0.29) is 24.0 Å². The van der Waals surface area contributed by atoms with E-state index in [9.17, 15) is 13.2 Å². The molecule has 2 heterocycles. The van der Waals surface area contributed by atoms with Crippen molar-refractivity contribution >= 4 is 15.9 Å². The van der Waals surface area contributed by atoms with Crippen LogP contribution in [0.5, 0.6) is 11.5 Å². The molecule has 10 heteroatoms. The molecule has 2 aromatic carbocycles. The number of hydrogen-bond donors (Lipinski definition) is 2. The van der Waals surface area contributed by atoms with Crippen LogP contribution in [0.4, 0.5) is 0 Å². The van der Waals surface area contributed by atoms with Crippen LogP contribution in [0.15, 0.2) is 57.9 Å². The molecule has 0 fully saturated rings. The number of amides is 1. The molecular weight excluding hydrogens is 410 g/mol. The van der Waals surface area contributed by atoms with Gasteiger partial charge >= 0.3 is 0 Å². The summed E-state index contributed by atoms with van der Waals surface area (Å²) in [6.07, 6.45) is 0.635. The van der Waals surface area contributed by atoms with Crippen molar-refractivity contribution in [2.75, 3.05) is 13.3 Å². The molecule has 3 N–H and O–H groups in total. The van der Waals surface area contributed by atoms with Gasteiger partial charge in [-0.15, -0.1) is 0 Å². The van der Waals surface area contributed by atoms with E-state index in [1.807, 2.05) is 6.07 Å². The normalized spacial score (nSPS) is 12.7. The molecule has 0 spiro atoms. The maximum Gasteiger partial charge on any atom is 0.238 e. The molecule has 156 valence electrons. The second kappa shape index (κ2) is 8.17. The first-order valence-electron chi connectivity index (χ1n) is 9.12. The van der Waals surface area contributed by atoms with Gasteiger partial charge in [0.05, 0.1) is 17.0 Å². The van der Waals surface area contributed by atoms with Gasteiger partial charge in [-0.2, -0.15) is 0 Å². The number of nitrogens with two attached hydrogens (primary N) is 1. The molecule has 0 bridgehead atoms. The first-order valence-corrected chi connectivity index (χ1v) is 10.7. The highest BCUT2D eigenvalue weighted by molar-refractivity contribution is 7.89. The fourth-order valence-electron chi connectivity index (χ4n) is 3.00. The van der Waals surface area contributed by atoms with Crippen molar-refractivity contribution in [2.45, 2.75) is 17.7 Å². The second-order valence-electron chi connectivity index (χ2n) is 6.72. The number of benzene rings is 2. The molecule has 0 aliphatic carbocycles. The van der Waals surface area contributed by atoms with Crippen LogP contribution >= 0.6 is 0 Å². The molecule has 30 heavy (non-hydrogen) atoms. The van der Waals surface area contributed by atoms with Gasteiger partial charge in [-0.1, -0.05) is 17.3 Å². The number of carbonyl (C=O) groups excluding carboxylic acids is 1. The first kappa shape index (κ1) is 19.9. The van der Waals surface area contributed by atoms with Crippen LogP contribution < -0.4 is 19.9 Å². The maximum atomic E-state index is 12.2. The minimum Gasteiger partial charge on any atom is -0.454 e. The monoisotopic (exact) mass is 429 g/mol. The predicted molar refractivity (Wildman–Crippen MR) is 106 cm³/mol. The minimum atomic E-state index is -3.71. The van der Waals surface area contributed by atoms with Gasteiger partial charge < -0.3 is 19.3 Å². The van der Waals surface area contributed by atoms with Gasteiger partial charge in [0, 0.05) is 18.2 Å². The minimum absolute atomic E-state index is 0.0552. The Bertz CT molecular complexity index is 1170. The van der Waals surface area contributed by atoms with Crippen LogP contribution in [0.1, 0.15) is 11.3 Å². The van der Waals surface area contributed by atoms with Gasteiger partial charge in [-0.05, 0) is 42.3 Å². The van der Waals surface area contributed by atoms with Crippen molar-refractivity contribution in [1.29, 1.82) is 0 Å². The predicted octanol–water partition coefficient (Wildman–Crippen LogP) is 1.62. The number of nitrogens with zero attached hydrogens (tertiary/aromatic N) is 1. The Morgan fingerprint density at radius 2 is 1.83 bits per heavy atom. The fourth-order valence-corrected chi connectivity index (χ4v) is 3.52. The van der Waals surface area contributed by atoms with E-state index in [2.05, 4.69) is 10.5 Å². The summed E-state index contributed by atoms with van der Waals surface area (Å²) >= 11 is 0. The number of fused-ring (bicyclic) bond motifs is 1. The summed E-state index contributed by atoms with van der Waals surface area (Å²) in [5.74, 6) is 1.66. The standard InChI is InChI=1S/C20H19N3O6S/c21-30(25,26)16-4-1-13(2-5-16)7-8-22-20(24)11-15-10-18(29-23-15)14-3-6-17-19(9-14)28-12-27-17/h1-6,9-10H,7-8,11-12H2,(H,22,24)(H2,21,25,26). The number of ether oxygens (including phenoxy) is 2. The molecule has 1 amide bonds. The van der Waals surface area contributed by atoms with E-state index < -0.39 is 10.0 Å². The molecule has 0 atom stereocenters. The Balaban J connectivity index is 1.29. The average Bonchev–Trinajstić information content (AvgIpc) is 3.36. The van der Waals surface area contributed by atoms with Crippen molar-refractivity contribution < 1.29 is 27.2 Å². The molecule has 1 aromatic heterocycles. The Hall–Kier alpha value is -3.37. The first-order chi connectivity index (χ1) is 14.4. The summed E-state index contributed by atoms with van der Waals surface area (Å²) in [7, 11) is -3.71. The zero-order valence-electron chi connectivity index (χ0n) is 15.8. The van der Waals surface area contributed by atoms with E-state index in [0.717, 1.165) is 11.1 Å². The van der Waals surface area contributed by atoms with Crippen LogP contribution in [-0.2, 0) is 27.7 Å². The molecule has 1 aliphatic rings. The molecule has 1 aliphatic heterocycles. The summed E-state index contributed by atoms with van der Waals surface area (Å²) in [6.45, 7) is 0.595. The number of aromatic nitrogens is 1. The second-order valence-corrected chi connectivity index (χ2v) is 8.28. The topological polar surface area (TPSA) is 134 Å². The van der Waals surface area contributed by atoms with Crippen LogP contribution in [0, 0.1) is 0 Å². The quantitative estimate of drug-likeness (QED) is 0.583. The Morgan fingerprint density at radius 1 is 1.07 bits per heavy atom.